The van der Waals surface area contributed by atoms with Crippen LogP contribution in [-0.2, 0) is 6.18 Å². The van der Waals surface area contributed by atoms with Crippen LogP contribution in [0.1, 0.15) is 37.8 Å². The van der Waals surface area contributed by atoms with Gasteiger partial charge in [-0.3, -0.25) is 0 Å². The van der Waals surface area contributed by atoms with Gasteiger partial charge in [0.15, 0.2) is 0 Å². The summed E-state index contributed by atoms with van der Waals surface area (Å²) in [6.07, 6.45) is -0.581. The van der Waals surface area contributed by atoms with Crippen molar-refractivity contribution < 1.29 is 18.3 Å². The van der Waals surface area contributed by atoms with Gasteiger partial charge in [-0.15, -0.1) is 0 Å². The van der Waals surface area contributed by atoms with Gasteiger partial charge in [0, 0.05) is 0 Å². The summed E-state index contributed by atoms with van der Waals surface area (Å²) in [6.45, 7) is 0. The van der Waals surface area contributed by atoms with E-state index in [4.69, 9.17) is 0 Å². The minimum absolute atomic E-state index is 0.167. The van der Waals surface area contributed by atoms with Crippen molar-refractivity contribution >= 4 is 5.82 Å². The maximum absolute atomic E-state index is 12.5. The van der Waals surface area contributed by atoms with E-state index in [0.717, 1.165) is 31.7 Å². The quantitative estimate of drug-likeness (QED) is 0.814. The van der Waals surface area contributed by atoms with Gasteiger partial charge >= 0.3 is 6.18 Å². The van der Waals surface area contributed by atoms with Crippen molar-refractivity contribution in [3.05, 3.63) is 23.9 Å². The zero-order valence-electron chi connectivity index (χ0n) is 10.5. The van der Waals surface area contributed by atoms with Crippen molar-refractivity contribution in [2.75, 3.05) is 5.32 Å². The molecule has 1 heterocycles. The fraction of sp³-hybridized carbons (Fsp3) is 0.615. The van der Waals surface area contributed by atoms with Crippen LogP contribution >= 0.6 is 0 Å². The zero-order chi connectivity index (χ0) is 13.9. The van der Waals surface area contributed by atoms with Crippen molar-refractivity contribution in [2.24, 2.45) is 0 Å². The number of aliphatic hydroxyl groups excluding tert-OH is 1. The Balaban J connectivity index is 2.09. The number of aliphatic hydroxyl groups is 1. The first kappa shape index (κ1) is 14.1. The van der Waals surface area contributed by atoms with E-state index in [9.17, 15) is 18.3 Å². The van der Waals surface area contributed by atoms with E-state index in [0.29, 0.717) is 6.42 Å². The number of nitrogens with one attached hydrogen (secondary N) is 1. The lowest BCUT2D eigenvalue weighted by atomic mass is 10.1. The molecule has 0 aromatic carbocycles. The molecule has 0 radical (unpaired) electrons. The van der Waals surface area contributed by atoms with Crippen LogP contribution in [0.25, 0.3) is 0 Å². The molecule has 19 heavy (non-hydrogen) atoms. The SMILES string of the molecule is OC1CCCCCC1Nc1cccc(C(F)(F)F)n1. The summed E-state index contributed by atoms with van der Waals surface area (Å²) >= 11 is 0. The van der Waals surface area contributed by atoms with Crippen LogP contribution in [-0.4, -0.2) is 22.2 Å². The van der Waals surface area contributed by atoms with Crippen molar-refractivity contribution in [3.63, 3.8) is 0 Å². The molecule has 1 aliphatic carbocycles. The zero-order valence-corrected chi connectivity index (χ0v) is 10.5. The van der Waals surface area contributed by atoms with Gasteiger partial charge in [0.25, 0.3) is 0 Å². The molecule has 2 rings (SSSR count). The molecule has 0 aliphatic heterocycles. The molecule has 1 aromatic heterocycles. The molecule has 2 N–H and O–H groups in total. The second-order valence-electron chi connectivity index (χ2n) is 4.86. The molecule has 0 saturated heterocycles. The Bertz CT molecular complexity index is 423. The molecule has 106 valence electrons. The number of anilines is 1. The van der Waals surface area contributed by atoms with Gasteiger partial charge < -0.3 is 10.4 Å². The molecule has 0 spiro atoms. The number of hydrogen-bond donors (Lipinski definition) is 2. The molecule has 1 aliphatic rings. The molecule has 0 bridgehead atoms. The van der Waals surface area contributed by atoms with Crippen LogP contribution in [0.5, 0.6) is 0 Å². The van der Waals surface area contributed by atoms with Crippen LogP contribution in [0.15, 0.2) is 18.2 Å². The van der Waals surface area contributed by atoms with Gasteiger partial charge in [0.2, 0.25) is 0 Å². The number of halogens is 3. The maximum Gasteiger partial charge on any atom is 0.433 e. The fourth-order valence-electron chi connectivity index (χ4n) is 2.32. The normalized spacial score (nSPS) is 24.8. The summed E-state index contributed by atoms with van der Waals surface area (Å²) in [4.78, 5) is 3.56. The minimum atomic E-state index is -4.44. The van der Waals surface area contributed by atoms with Crippen LogP contribution in [0.2, 0.25) is 0 Å². The number of hydrogen-bond acceptors (Lipinski definition) is 3. The Morgan fingerprint density at radius 3 is 2.63 bits per heavy atom. The third-order valence-electron chi connectivity index (χ3n) is 3.35. The van der Waals surface area contributed by atoms with Gasteiger partial charge in [0.05, 0.1) is 12.1 Å². The first-order valence-corrected chi connectivity index (χ1v) is 6.45. The van der Waals surface area contributed by atoms with Gasteiger partial charge in [-0.05, 0) is 25.0 Å². The summed E-state index contributed by atoms with van der Waals surface area (Å²) in [6, 6.07) is 3.53. The van der Waals surface area contributed by atoms with Gasteiger partial charge in [-0.25, -0.2) is 4.98 Å². The predicted octanol–water partition coefficient (Wildman–Crippen LogP) is 3.21. The average molecular weight is 274 g/mol. The van der Waals surface area contributed by atoms with Crippen LogP contribution < -0.4 is 5.32 Å². The summed E-state index contributed by atoms with van der Waals surface area (Å²) in [5.74, 6) is 0.167. The highest BCUT2D eigenvalue weighted by atomic mass is 19.4. The second-order valence-corrected chi connectivity index (χ2v) is 4.86. The summed E-state index contributed by atoms with van der Waals surface area (Å²) < 4.78 is 37.6. The van der Waals surface area contributed by atoms with Gasteiger partial charge in [-0.2, -0.15) is 13.2 Å². The van der Waals surface area contributed by atoms with E-state index in [1.165, 1.54) is 12.1 Å². The molecule has 1 fully saturated rings. The van der Waals surface area contributed by atoms with Crippen molar-refractivity contribution in [1.82, 2.24) is 4.98 Å². The van der Waals surface area contributed by atoms with E-state index < -0.39 is 18.0 Å². The van der Waals surface area contributed by atoms with Crippen LogP contribution in [0, 0.1) is 0 Å². The number of aromatic nitrogens is 1. The predicted molar refractivity (Wildman–Crippen MR) is 65.7 cm³/mol. The maximum atomic E-state index is 12.5. The molecule has 0 amide bonds. The Hall–Kier alpha value is -1.30. The number of nitrogens with zero attached hydrogens (tertiary/aromatic N) is 1. The van der Waals surface area contributed by atoms with Crippen molar-refractivity contribution in [2.45, 2.75) is 50.4 Å². The van der Waals surface area contributed by atoms with E-state index in [1.807, 2.05) is 0 Å². The van der Waals surface area contributed by atoms with Crippen LogP contribution in [0.4, 0.5) is 19.0 Å². The fourth-order valence-corrected chi connectivity index (χ4v) is 2.32. The Morgan fingerprint density at radius 1 is 1.16 bits per heavy atom. The largest absolute Gasteiger partial charge is 0.433 e. The number of rotatable bonds is 2. The first-order valence-electron chi connectivity index (χ1n) is 6.45. The van der Waals surface area contributed by atoms with E-state index in [-0.39, 0.29) is 11.9 Å². The third kappa shape index (κ3) is 3.83. The highest BCUT2D eigenvalue weighted by Crippen LogP contribution is 2.29. The molecule has 3 nitrogen and oxygen atoms in total. The molecule has 6 heteroatoms. The Morgan fingerprint density at radius 2 is 1.89 bits per heavy atom. The van der Waals surface area contributed by atoms with Crippen molar-refractivity contribution in [3.8, 4) is 0 Å². The monoisotopic (exact) mass is 274 g/mol. The topological polar surface area (TPSA) is 45.1 Å². The lowest BCUT2D eigenvalue weighted by Gasteiger charge is -2.22. The average Bonchev–Trinajstić information content (AvgIpc) is 2.54. The van der Waals surface area contributed by atoms with E-state index in [2.05, 4.69) is 10.3 Å². The molecule has 2 atom stereocenters. The number of alkyl halides is 3. The molecule has 1 saturated carbocycles. The highest BCUT2D eigenvalue weighted by molar-refractivity contribution is 5.37. The Kier molecular flexibility index (Phi) is 4.29. The summed E-state index contributed by atoms with van der Waals surface area (Å²) in [5, 5.41) is 12.8. The van der Waals surface area contributed by atoms with E-state index >= 15 is 0 Å². The van der Waals surface area contributed by atoms with Crippen LogP contribution in [0.3, 0.4) is 0 Å². The number of pyridine rings is 1. The molecular weight excluding hydrogens is 257 g/mol. The van der Waals surface area contributed by atoms with Gasteiger partial charge in [0.1, 0.15) is 11.5 Å². The minimum Gasteiger partial charge on any atom is -0.391 e. The third-order valence-corrected chi connectivity index (χ3v) is 3.35. The lowest BCUT2D eigenvalue weighted by molar-refractivity contribution is -0.141. The smallest absolute Gasteiger partial charge is 0.391 e. The summed E-state index contributed by atoms with van der Waals surface area (Å²) in [7, 11) is 0. The molecular formula is C13H17F3N2O. The summed E-state index contributed by atoms with van der Waals surface area (Å²) in [5.41, 5.74) is -0.916. The van der Waals surface area contributed by atoms with Gasteiger partial charge in [-0.1, -0.05) is 25.3 Å². The van der Waals surface area contributed by atoms with E-state index in [1.54, 1.807) is 0 Å². The lowest BCUT2D eigenvalue weighted by Crippen LogP contribution is -2.33. The first-order chi connectivity index (χ1) is 8.97. The van der Waals surface area contributed by atoms with Crippen molar-refractivity contribution in [1.29, 1.82) is 0 Å². The Labute approximate surface area is 109 Å². The standard InChI is InChI=1S/C13H17F3N2O/c14-13(15,16)11-7-4-8-12(18-11)17-9-5-2-1-3-6-10(9)19/h4,7-10,19H,1-3,5-6H2,(H,17,18). The second kappa shape index (κ2) is 5.77. The highest BCUT2D eigenvalue weighted by Gasteiger charge is 2.32. The molecule has 1 aromatic rings. The molecule has 2 unspecified atom stereocenters.